The molecule has 21 heavy (non-hydrogen) atoms. The van der Waals surface area contributed by atoms with Gasteiger partial charge in [0.25, 0.3) is 0 Å². The molecule has 0 atom stereocenters. The predicted molar refractivity (Wildman–Crippen MR) is 87.1 cm³/mol. The molecule has 2 N–H and O–H groups in total. The van der Waals surface area contributed by atoms with Gasteiger partial charge in [0.1, 0.15) is 0 Å². The van der Waals surface area contributed by atoms with Gasteiger partial charge in [0, 0.05) is 25.6 Å². The average molecular weight is 313 g/mol. The van der Waals surface area contributed by atoms with Crippen LogP contribution in [-0.2, 0) is 14.9 Å². The number of carbonyl (C=O) groups is 1. The number of aryl methyl sites for hydroxylation is 1. The van der Waals surface area contributed by atoms with Crippen LogP contribution < -0.4 is 10.6 Å². The van der Waals surface area contributed by atoms with E-state index in [1.165, 1.54) is 11.1 Å². The van der Waals surface area contributed by atoms with Crippen LogP contribution >= 0.6 is 12.4 Å². The Morgan fingerprint density at radius 2 is 2.05 bits per heavy atom. The fourth-order valence-electron chi connectivity index (χ4n) is 2.57. The van der Waals surface area contributed by atoms with Crippen molar-refractivity contribution in [3.8, 4) is 0 Å². The minimum absolute atomic E-state index is 0. The highest BCUT2D eigenvalue weighted by Crippen LogP contribution is 2.48. The fourth-order valence-corrected chi connectivity index (χ4v) is 2.57. The summed E-state index contributed by atoms with van der Waals surface area (Å²) in [5.74, 6) is 0.0564. The molecule has 4 nitrogen and oxygen atoms in total. The lowest BCUT2D eigenvalue weighted by Gasteiger charge is -2.19. The number of halogens is 1. The van der Waals surface area contributed by atoms with E-state index in [4.69, 9.17) is 4.74 Å². The summed E-state index contributed by atoms with van der Waals surface area (Å²) in [6.45, 7) is 4.56. The SMILES string of the molecule is COCCNCC(=O)NCC1(c2ccccc2C)CC1.Cl. The minimum atomic E-state index is 0. The second kappa shape index (κ2) is 8.37. The van der Waals surface area contributed by atoms with Crippen molar-refractivity contribution in [2.75, 3.05) is 33.4 Å². The summed E-state index contributed by atoms with van der Waals surface area (Å²) >= 11 is 0. The lowest BCUT2D eigenvalue weighted by atomic mass is 9.92. The van der Waals surface area contributed by atoms with Crippen molar-refractivity contribution in [1.82, 2.24) is 10.6 Å². The van der Waals surface area contributed by atoms with Gasteiger partial charge in [-0.2, -0.15) is 0 Å². The van der Waals surface area contributed by atoms with Gasteiger partial charge in [0.2, 0.25) is 5.91 Å². The van der Waals surface area contributed by atoms with Gasteiger partial charge in [-0.05, 0) is 30.9 Å². The third kappa shape index (κ3) is 4.99. The van der Waals surface area contributed by atoms with E-state index in [2.05, 4.69) is 41.8 Å². The molecule has 1 amide bonds. The van der Waals surface area contributed by atoms with Crippen molar-refractivity contribution >= 4 is 18.3 Å². The molecule has 0 heterocycles. The molecule has 0 aliphatic heterocycles. The molecular weight excluding hydrogens is 288 g/mol. The molecule has 1 aliphatic rings. The molecule has 1 aliphatic carbocycles. The first-order valence-electron chi connectivity index (χ1n) is 7.20. The van der Waals surface area contributed by atoms with Crippen LogP contribution in [0.15, 0.2) is 24.3 Å². The average Bonchev–Trinajstić information content (AvgIpc) is 3.23. The molecule has 1 saturated carbocycles. The Balaban J connectivity index is 0.00000220. The van der Waals surface area contributed by atoms with Crippen LogP contribution in [0.25, 0.3) is 0 Å². The summed E-state index contributed by atoms with van der Waals surface area (Å²) < 4.78 is 4.92. The number of rotatable bonds is 8. The van der Waals surface area contributed by atoms with Crippen LogP contribution in [0, 0.1) is 6.92 Å². The first kappa shape index (κ1) is 18.0. The van der Waals surface area contributed by atoms with Crippen LogP contribution in [0.4, 0.5) is 0 Å². The van der Waals surface area contributed by atoms with Crippen molar-refractivity contribution in [2.24, 2.45) is 0 Å². The van der Waals surface area contributed by atoms with E-state index in [1.54, 1.807) is 7.11 Å². The van der Waals surface area contributed by atoms with Gasteiger partial charge in [-0.1, -0.05) is 24.3 Å². The monoisotopic (exact) mass is 312 g/mol. The van der Waals surface area contributed by atoms with Crippen LogP contribution in [0.3, 0.4) is 0 Å². The third-order valence-corrected chi connectivity index (χ3v) is 3.96. The molecular formula is C16H25ClN2O2. The van der Waals surface area contributed by atoms with E-state index < -0.39 is 0 Å². The van der Waals surface area contributed by atoms with Crippen LogP contribution in [0.1, 0.15) is 24.0 Å². The maximum Gasteiger partial charge on any atom is 0.233 e. The number of benzene rings is 1. The van der Waals surface area contributed by atoms with Crippen LogP contribution in [-0.4, -0.2) is 39.3 Å². The summed E-state index contributed by atoms with van der Waals surface area (Å²) in [5, 5.41) is 6.10. The number of hydrogen-bond acceptors (Lipinski definition) is 3. The topological polar surface area (TPSA) is 50.4 Å². The highest BCUT2D eigenvalue weighted by Gasteiger charge is 2.44. The Morgan fingerprint density at radius 1 is 1.33 bits per heavy atom. The molecule has 1 aromatic carbocycles. The van der Waals surface area contributed by atoms with Gasteiger partial charge < -0.3 is 15.4 Å². The first-order chi connectivity index (χ1) is 9.68. The highest BCUT2D eigenvalue weighted by atomic mass is 35.5. The Hall–Kier alpha value is -1.10. The summed E-state index contributed by atoms with van der Waals surface area (Å²) in [5.41, 5.74) is 2.87. The lowest BCUT2D eigenvalue weighted by Crippen LogP contribution is -2.39. The molecule has 5 heteroatoms. The van der Waals surface area contributed by atoms with E-state index in [9.17, 15) is 4.79 Å². The van der Waals surface area contributed by atoms with Gasteiger partial charge in [-0.25, -0.2) is 0 Å². The zero-order chi connectivity index (χ0) is 14.4. The van der Waals surface area contributed by atoms with Crippen molar-refractivity contribution in [2.45, 2.75) is 25.2 Å². The largest absolute Gasteiger partial charge is 0.383 e. The molecule has 0 spiro atoms. The predicted octanol–water partition coefficient (Wildman–Crippen LogP) is 1.80. The number of hydrogen-bond donors (Lipinski definition) is 2. The van der Waals surface area contributed by atoms with Gasteiger partial charge in [0.15, 0.2) is 0 Å². The molecule has 1 fully saturated rings. The Morgan fingerprint density at radius 3 is 2.67 bits per heavy atom. The first-order valence-corrected chi connectivity index (χ1v) is 7.20. The van der Waals surface area contributed by atoms with E-state index in [1.807, 2.05) is 0 Å². The van der Waals surface area contributed by atoms with Gasteiger partial charge in [-0.15, -0.1) is 12.4 Å². The van der Waals surface area contributed by atoms with Gasteiger partial charge in [0.05, 0.1) is 13.2 Å². The zero-order valence-corrected chi connectivity index (χ0v) is 13.6. The quantitative estimate of drug-likeness (QED) is 0.720. The molecule has 0 radical (unpaired) electrons. The summed E-state index contributed by atoms with van der Waals surface area (Å²) in [7, 11) is 1.65. The van der Waals surface area contributed by atoms with Crippen LogP contribution in [0.5, 0.6) is 0 Å². The second-order valence-corrected chi connectivity index (χ2v) is 5.54. The van der Waals surface area contributed by atoms with Crippen molar-refractivity contribution in [3.63, 3.8) is 0 Å². The third-order valence-electron chi connectivity index (χ3n) is 3.96. The van der Waals surface area contributed by atoms with E-state index >= 15 is 0 Å². The zero-order valence-electron chi connectivity index (χ0n) is 12.8. The maximum atomic E-state index is 11.8. The molecule has 0 bridgehead atoms. The summed E-state index contributed by atoms with van der Waals surface area (Å²) in [6, 6.07) is 8.47. The van der Waals surface area contributed by atoms with E-state index in [-0.39, 0.29) is 23.7 Å². The normalized spacial score (nSPS) is 15.1. The number of amides is 1. The lowest BCUT2D eigenvalue weighted by molar-refractivity contribution is -0.120. The van der Waals surface area contributed by atoms with Crippen molar-refractivity contribution in [1.29, 1.82) is 0 Å². The molecule has 118 valence electrons. The molecule has 0 saturated heterocycles. The Labute approximate surface area is 133 Å². The Bertz CT molecular complexity index is 461. The number of ether oxygens (including phenoxy) is 1. The summed E-state index contributed by atoms with van der Waals surface area (Å²) in [4.78, 5) is 11.8. The Kier molecular flexibility index (Phi) is 7.15. The smallest absolute Gasteiger partial charge is 0.233 e. The van der Waals surface area contributed by atoms with Crippen molar-refractivity contribution in [3.05, 3.63) is 35.4 Å². The number of methoxy groups -OCH3 is 1. The minimum Gasteiger partial charge on any atom is -0.383 e. The second-order valence-electron chi connectivity index (χ2n) is 5.54. The molecule has 0 unspecified atom stereocenters. The fraction of sp³-hybridized carbons (Fsp3) is 0.562. The van der Waals surface area contributed by atoms with Crippen molar-refractivity contribution < 1.29 is 9.53 Å². The standard InChI is InChI=1S/C16H24N2O2.ClH/c1-13-5-3-4-6-14(13)16(7-8-16)12-18-15(19)11-17-9-10-20-2;/h3-6,17H,7-12H2,1-2H3,(H,18,19);1H. The number of carbonyl (C=O) groups excluding carboxylic acids is 1. The van der Waals surface area contributed by atoms with Crippen LogP contribution in [0.2, 0.25) is 0 Å². The van der Waals surface area contributed by atoms with E-state index in [0.29, 0.717) is 19.7 Å². The van der Waals surface area contributed by atoms with Gasteiger partial charge in [-0.3, -0.25) is 4.79 Å². The molecule has 2 rings (SSSR count). The van der Waals surface area contributed by atoms with E-state index in [0.717, 1.165) is 19.4 Å². The highest BCUT2D eigenvalue weighted by molar-refractivity contribution is 5.85. The maximum absolute atomic E-state index is 11.8. The molecule has 1 aromatic rings. The number of nitrogens with one attached hydrogen (secondary N) is 2. The molecule has 0 aromatic heterocycles. The van der Waals surface area contributed by atoms with Gasteiger partial charge >= 0.3 is 0 Å². The summed E-state index contributed by atoms with van der Waals surface area (Å²) in [6.07, 6.45) is 2.32.